The predicted octanol–water partition coefficient (Wildman–Crippen LogP) is -0.716. The summed E-state index contributed by atoms with van der Waals surface area (Å²) >= 11 is 1.45. The van der Waals surface area contributed by atoms with Gasteiger partial charge < -0.3 is 42.1 Å². The van der Waals surface area contributed by atoms with Crippen molar-refractivity contribution in [2.75, 3.05) is 12.0 Å². The Labute approximate surface area is 228 Å². The van der Waals surface area contributed by atoms with Crippen molar-refractivity contribution in [3.05, 3.63) is 29.8 Å². The molecule has 0 heterocycles. The number of nitrogens with one attached hydrogen (secondary N) is 3. The second-order valence-corrected chi connectivity index (χ2v) is 9.63. The smallest absolute Gasteiger partial charge is 0.326 e. The van der Waals surface area contributed by atoms with E-state index in [4.69, 9.17) is 15.9 Å². The standard InChI is InChI=1S/C24H34N4O10S/c1-39-11-10-15(25)21(34)26-16(6-8-19(30)31)22(35)27-17(7-9-20(32)33)23(36)28-18(24(37)38)12-13-2-4-14(29)5-3-13/h2-5,15-18,29H,6-12,25H2,1H3,(H,26,34)(H,27,35)(H,28,36)(H,30,31)(H,32,33)(H,37,38). The largest absolute Gasteiger partial charge is 0.508 e. The van der Waals surface area contributed by atoms with E-state index in [9.17, 15) is 39.0 Å². The molecule has 0 saturated carbocycles. The van der Waals surface area contributed by atoms with Crippen LogP contribution in [0.5, 0.6) is 5.75 Å². The number of aromatic hydroxyl groups is 1. The van der Waals surface area contributed by atoms with Crippen molar-refractivity contribution in [1.82, 2.24) is 16.0 Å². The topological polar surface area (TPSA) is 245 Å². The van der Waals surface area contributed by atoms with Crippen LogP contribution in [0, 0.1) is 0 Å². The van der Waals surface area contributed by atoms with Crippen molar-refractivity contribution in [3.8, 4) is 5.75 Å². The molecule has 0 fully saturated rings. The van der Waals surface area contributed by atoms with E-state index < -0.39 is 79.1 Å². The fraction of sp³-hybridized carbons (Fsp3) is 0.500. The molecular formula is C24H34N4O10S. The molecule has 4 unspecified atom stereocenters. The van der Waals surface area contributed by atoms with Gasteiger partial charge in [0.25, 0.3) is 0 Å². The number of benzene rings is 1. The normalized spacial score (nSPS) is 13.8. The average Bonchev–Trinajstić information content (AvgIpc) is 2.87. The minimum Gasteiger partial charge on any atom is -0.508 e. The summed E-state index contributed by atoms with van der Waals surface area (Å²) in [7, 11) is 0. The number of rotatable bonds is 18. The molecule has 14 nitrogen and oxygen atoms in total. The van der Waals surface area contributed by atoms with Crippen LogP contribution in [-0.2, 0) is 35.2 Å². The molecule has 0 aliphatic heterocycles. The van der Waals surface area contributed by atoms with Crippen LogP contribution in [0.25, 0.3) is 0 Å². The lowest BCUT2D eigenvalue weighted by Gasteiger charge is -2.25. The number of phenolic OH excluding ortho intramolecular Hbond substituents is 1. The highest BCUT2D eigenvalue weighted by atomic mass is 32.2. The molecule has 1 aromatic rings. The number of carbonyl (C=O) groups excluding carboxylic acids is 3. The molecule has 9 N–H and O–H groups in total. The zero-order valence-corrected chi connectivity index (χ0v) is 22.1. The molecule has 0 spiro atoms. The van der Waals surface area contributed by atoms with E-state index in [1.807, 2.05) is 6.26 Å². The highest BCUT2D eigenvalue weighted by molar-refractivity contribution is 7.98. The number of hydrogen-bond donors (Lipinski definition) is 8. The molecular weight excluding hydrogens is 536 g/mol. The van der Waals surface area contributed by atoms with Gasteiger partial charge in [0.1, 0.15) is 23.9 Å². The number of nitrogens with two attached hydrogens (primary N) is 1. The third-order valence-electron chi connectivity index (χ3n) is 5.52. The number of hydrogen-bond acceptors (Lipinski definition) is 9. The van der Waals surface area contributed by atoms with Gasteiger partial charge in [0, 0.05) is 19.3 Å². The quantitative estimate of drug-likeness (QED) is 0.109. The van der Waals surface area contributed by atoms with Crippen LogP contribution in [0.15, 0.2) is 24.3 Å². The molecule has 4 atom stereocenters. The second kappa shape index (κ2) is 16.9. The van der Waals surface area contributed by atoms with Crippen LogP contribution < -0.4 is 21.7 Å². The summed E-state index contributed by atoms with van der Waals surface area (Å²) in [5, 5.41) is 44.0. The minimum atomic E-state index is -1.51. The van der Waals surface area contributed by atoms with Crippen molar-refractivity contribution < 1.29 is 49.2 Å². The van der Waals surface area contributed by atoms with Gasteiger partial charge in [-0.3, -0.25) is 24.0 Å². The van der Waals surface area contributed by atoms with Crippen molar-refractivity contribution in [2.45, 2.75) is 62.7 Å². The van der Waals surface area contributed by atoms with Crippen molar-refractivity contribution >= 4 is 47.4 Å². The van der Waals surface area contributed by atoms with E-state index >= 15 is 0 Å². The molecule has 1 aromatic carbocycles. The molecule has 0 bridgehead atoms. The summed E-state index contributed by atoms with van der Waals surface area (Å²) < 4.78 is 0. The van der Waals surface area contributed by atoms with Gasteiger partial charge in [0.15, 0.2) is 0 Å². The summed E-state index contributed by atoms with van der Waals surface area (Å²) in [4.78, 5) is 72.4. The molecule has 3 amide bonds. The number of phenols is 1. The van der Waals surface area contributed by atoms with E-state index in [0.29, 0.717) is 17.7 Å². The maximum absolute atomic E-state index is 13.0. The lowest BCUT2D eigenvalue weighted by Crippen LogP contribution is -2.57. The van der Waals surface area contributed by atoms with Crippen LogP contribution in [0.2, 0.25) is 0 Å². The highest BCUT2D eigenvalue weighted by Gasteiger charge is 2.31. The summed E-state index contributed by atoms with van der Waals surface area (Å²) in [5.41, 5.74) is 6.29. The van der Waals surface area contributed by atoms with E-state index in [1.54, 1.807) is 0 Å². The van der Waals surface area contributed by atoms with Gasteiger partial charge in [-0.15, -0.1) is 0 Å². The maximum Gasteiger partial charge on any atom is 0.326 e. The Kier molecular flexibility index (Phi) is 14.4. The van der Waals surface area contributed by atoms with Crippen LogP contribution in [0.3, 0.4) is 0 Å². The highest BCUT2D eigenvalue weighted by Crippen LogP contribution is 2.12. The number of thioether (sulfide) groups is 1. The van der Waals surface area contributed by atoms with E-state index in [0.717, 1.165) is 0 Å². The van der Waals surface area contributed by atoms with E-state index in [2.05, 4.69) is 16.0 Å². The Balaban J connectivity index is 3.06. The van der Waals surface area contributed by atoms with Gasteiger partial charge in [-0.25, -0.2) is 4.79 Å². The van der Waals surface area contributed by atoms with Gasteiger partial charge in [-0.1, -0.05) is 12.1 Å². The lowest BCUT2D eigenvalue weighted by atomic mass is 10.0. The fourth-order valence-electron chi connectivity index (χ4n) is 3.34. The Hall–Kier alpha value is -3.85. The molecule has 15 heteroatoms. The molecule has 0 aliphatic rings. The lowest BCUT2D eigenvalue weighted by molar-refractivity contribution is -0.143. The molecule has 0 saturated heterocycles. The molecule has 216 valence electrons. The van der Waals surface area contributed by atoms with E-state index in [-0.39, 0.29) is 18.6 Å². The third kappa shape index (κ3) is 13.0. The maximum atomic E-state index is 13.0. The Morgan fingerprint density at radius 2 is 1.23 bits per heavy atom. The first kappa shape index (κ1) is 33.2. The molecule has 1 rings (SSSR count). The third-order valence-corrected chi connectivity index (χ3v) is 6.16. The van der Waals surface area contributed by atoms with Crippen molar-refractivity contribution in [1.29, 1.82) is 0 Å². The Morgan fingerprint density at radius 3 is 1.67 bits per heavy atom. The predicted molar refractivity (Wildman–Crippen MR) is 140 cm³/mol. The Bertz CT molecular complexity index is 1020. The van der Waals surface area contributed by atoms with Crippen LogP contribution in [0.1, 0.15) is 37.7 Å². The molecule has 0 aliphatic carbocycles. The van der Waals surface area contributed by atoms with Gasteiger partial charge >= 0.3 is 17.9 Å². The first-order valence-electron chi connectivity index (χ1n) is 11.9. The minimum absolute atomic E-state index is 0.0409. The number of aliphatic carboxylic acids is 3. The SMILES string of the molecule is CSCCC(N)C(=O)NC(CCC(=O)O)C(=O)NC(CCC(=O)O)C(=O)NC(Cc1ccc(O)cc1)C(=O)O. The Morgan fingerprint density at radius 1 is 0.769 bits per heavy atom. The van der Waals surface area contributed by atoms with Crippen LogP contribution in [-0.4, -0.2) is 92.2 Å². The number of amides is 3. The molecule has 0 aromatic heterocycles. The zero-order chi connectivity index (χ0) is 29.5. The first-order chi connectivity index (χ1) is 18.3. The summed E-state index contributed by atoms with van der Waals surface area (Å²) in [6.45, 7) is 0. The molecule has 0 radical (unpaired) electrons. The van der Waals surface area contributed by atoms with Gasteiger partial charge in [-0.2, -0.15) is 11.8 Å². The number of carbonyl (C=O) groups is 6. The second-order valence-electron chi connectivity index (χ2n) is 8.65. The fourth-order valence-corrected chi connectivity index (χ4v) is 3.83. The average molecular weight is 571 g/mol. The number of carboxylic acids is 3. The van der Waals surface area contributed by atoms with Gasteiger partial charge in [-0.05, 0) is 49.0 Å². The summed E-state index contributed by atoms with van der Waals surface area (Å²) in [5.74, 6) is -6.06. The summed E-state index contributed by atoms with van der Waals surface area (Å²) in [6, 6.07) is 0.255. The molecule has 39 heavy (non-hydrogen) atoms. The van der Waals surface area contributed by atoms with Crippen LogP contribution >= 0.6 is 11.8 Å². The van der Waals surface area contributed by atoms with Crippen LogP contribution in [0.4, 0.5) is 0 Å². The van der Waals surface area contributed by atoms with Gasteiger partial charge in [0.2, 0.25) is 17.7 Å². The summed E-state index contributed by atoms with van der Waals surface area (Å²) in [6.07, 6.45) is 0.126. The monoisotopic (exact) mass is 570 g/mol. The van der Waals surface area contributed by atoms with Crippen molar-refractivity contribution in [2.24, 2.45) is 5.73 Å². The zero-order valence-electron chi connectivity index (χ0n) is 21.3. The van der Waals surface area contributed by atoms with Gasteiger partial charge in [0.05, 0.1) is 6.04 Å². The first-order valence-corrected chi connectivity index (χ1v) is 13.3. The number of carboxylic acid groups (broad SMARTS) is 3. The van der Waals surface area contributed by atoms with E-state index in [1.165, 1.54) is 36.0 Å². The van der Waals surface area contributed by atoms with Crippen molar-refractivity contribution in [3.63, 3.8) is 0 Å².